The maximum atomic E-state index is 5.87. The highest BCUT2D eigenvalue weighted by molar-refractivity contribution is 4.82. The van der Waals surface area contributed by atoms with E-state index in [2.05, 4.69) is 26.1 Å². The van der Waals surface area contributed by atoms with E-state index in [-0.39, 0.29) is 0 Å². The van der Waals surface area contributed by atoms with Crippen molar-refractivity contribution in [2.24, 2.45) is 5.92 Å². The number of ether oxygens (including phenoxy) is 1. The molecule has 1 rings (SSSR count). The first kappa shape index (κ1) is 15.0. The van der Waals surface area contributed by atoms with E-state index >= 15 is 0 Å². The van der Waals surface area contributed by atoms with Crippen LogP contribution in [0.2, 0.25) is 0 Å². The van der Waals surface area contributed by atoms with E-state index in [9.17, 15) is 0 Å². The average molecular weight is 241 g/mol. The summed E-state index contributed by atoms with van der Waals surface area (Å²) < 4.78 is 5.87. The lowest BCUT2D eigenvalue weighted by Gasteiger charge is -2.21. The quantitative estimate of drug-likeness (QED) is 0.664. The summed E-state index contributed by atoms with van der Waals surface area (Å²) in [6.07, 6.45) is 9.53. The van der Waals surface area contributed by atoms with Gasteiger partial charge in [0.15, 0.2) is 0 Å². The minimum atomic E-state index is 0.448. The Kier molecular flexibility index (Phi) is 7.87. The maximum absolute atomic E-state index is 5.87. The van der Waals surface area contributed by atoms with Crippen LogP contribution in [0, 0.1) is 5.92 Å². The van der Waals surface area contributed by atoms with Crippen LogP contribution in [0.5, 0.6) is 0 Å². The van der Waals surface area contributed by atoms with Crippen LogP contribution in [0.25, 0.3) is 0 Å². The van der Waals surface area contributed by atoms with E-state index in [1.165, 1.54) is 51.5 Å². The van der Waals surface area contributed by atoms with Gasteiger partial charge in [-0.15, -0.1) is 0 Å². The molecule has 2 heteroatoms. The molecule has 0 saturated heterocycles. The highest BCUT2D eigenvalue weighted by atomic mass is 16.5. The molecule has 0 bridgehead atoms. The van der Waals surface area contributed by atoms with Gasteiger partial charge in [0.1, 0.15) is 0 Å². The van der Waals surface area contributed by atoms with Crippen molar-refractivity contribution in [2.75, 3.05) is 13.2 Å². The first-order chi connectivity index (χ1) is 8.27. The van der Waals surface area contributed by atoms with Crippen LogP contribution in [0.15, 0.2) is 0 Å². The van der Waals surface area contributed by atoms with Gasteiger partial charge in [0.2, 0.25) is 0 Å². The number of hydrogen-bond donors (Lipinski definition) is 1. The van der Waals surface area contributed by atoms with Crippen molar-refractivity contribution in [1.29, 1.82) is 0 Å². The predicted molar refractivity (Wildman–Crippen MR) is 74.4 cm³/mol. The summed E-state index contributed by atoms with van der Waals surface area (Å²) in [4.78, 5) is 0. The molecule has 102 valence electrons. The lowest BCUT2D eigenvalue weighted by Crippen LogP contribution is -2.33. The highest BCUT2D eigenvalue weighted by Crippen LogP contribution is 2.28. The molecule has 0 heterocycles. The predicted octanol–water partition coefficient (Wildman–Crippen LogP) is 3.75. The molecule has 17 heavy (non-hydrogen) atoms. The van der Waals surface area contributed by atoms with Gasteiger partial charge in [-0.1, -0.05) is 26.7 Å². The number of hydrogen-bond acceptors (Lipinski definition) is 2. The Morgan fingerprint density at radius 1 is 1.24 bits per heavy atom. The van der Waals surface area contributed by atoms with Gasteiger partial charge in [-0.25, -0.2) is 0 Å². The summed E-state index contributed by atoms with van der Waals surface area (Å²) in [7, 11) is 0. The van der Waals surface area contributed by atoms with Gasteiger partial charge >= 0.3 is 0 Å². The molecule has 0 aliphatic heterocycles. The molecule has 3 unspecified atom stereocenters. The molecule has 1 aliphatic rings. The van der Waals surface area contributed by atoms with Gasteiger partial charge in [-0.05, 0) is 51.5 Å². The molecule has 0 amide bonds. The number of nitrogens with one attached hydrogen (secondary N) is 1. The Bertz CT molecular complexity index is 184. The second-order valence-corrected chi connectivity index (χ2v) is 5.51. The smallest absolute Gasteiger partial charge is 0.0546 e. The molecule has 0 radical (unpaired) electrons. The van der Waals surface area contributed by atoms with Gasteiger partial charge in [0.25, 0.3) is 0 Å². The fraction of sp³-hybridized carbons (Fsp3) is 1.00. The normalized spacial score (nSPS) is 26.3. The topological polar surface area (TPSA) is 21.3 Å². The molecule has 0 aromatic rings. The zero-order valence-electron chi connectivity index (χ0n) is 12.0. The first-order valence-electron chi connectivity index (χ1n) is 7.62. The molecular weight excluding hydrogens is 210 g/mol. The second kappa shape index (κ2) is 8.93. The average Bonchev–Trinajstić information content (AvgIpc) is 2.74. The Morgan fingerprint density at radius 3 is 2.76 bits per heavy atom. The van der Waals surface area contributed by atoms with E-state index in [1.807, 2.05) is 0 Å². The van der Waals surface area contributed by atoms with Crippen LogP contribution in [0.1, 0.15) is 65.7 Å². The Balaban J connectivity index is 2.12. The molecule has 0 spiro atoms. The van der Waals surface area contributed by atoms with E-state index in [1.54, 1.807) is 0 Å². The van der Waals surface area contributed by atoms with Crippen molar-refractivity contribution < 1.29 is 4.74 Å². The molecule has 2 nitrogen and oxygen atoms in total. The molecule has 1 saturated carbocycles. The van der Waals surface area contributed by atoms with Crippen LogP contribution in [-0.4, -0.2) is 25.3 Å². The highest BCUT2D eigenvalue weighted by Gasteiger charge is 2.26. The third-order valence-electron chi connectivity index (χ3n) is 3.90. The molecule has 1 fully saturated rings. The van der Waals surface area contributed by atoms with Crippen LogP contribution >= 0.6 is 0 Å². The van der Waals surface area contributed by atoms with E-state index in [4.69, 9.17) is 4.74 Å². The SMILES string of the molecule is CCCNC1CCCC1CCOC(C)CCC. The third kappa shape index (κ3) is 5.87. The van der Waals surface area contributed by atoms with E-state index in [0.29, 0.717) is 6.10 Å². The summed E-state index contributed by atoms with van der Waals surface area (Å²) >= 11 is 0. The first-order valence-corrected chi connectivity index (χ1v) is 7.62. The van der Waals surface area contributed by atoms with Crippen LogP contribution < -0.4 is 5.32 Å². The largest absolute Gasteiger partial charge is 0.378 e. The minimum Gasteiger partial charge on any atom is -0.378 e. The standard InChI is InChI=1S/C15H31NO/c1-4-7-13(3)17-12-10-14-8-6-9-15(14)16-11-5-2/h13-16H,4-12H2,1-3H3. The van der Waals surface area contributed by atoms with Crippen LogP contribution in [0.3, 0.4) is 0 Å². The summed E-state index contributed by atoms with van der Waals surface area (Å²) in [5, 5.41) is 3.69. The van der Waals surface area contributed by atoms with Crippen molar-refractivity contribution in [1.82, 2.24) is 5.32 Å². The maximum Gasteiger partial charge on any atom is 0.0546 e. The summed E-state index contributed by atoms with van der Waals surface area (Å²) in [6, 6.07) is 0.764. The van der Waals surface area contributed by atoms with Gasteiger partial charge in [0, 0.05) is 12.6 Å². The van der Waals surface area contributed by atoms with Crippen LogP contribution in [0.4, 0.5) is 0 Å². The zero-order chi connectivity index (χ0) is 12.5. The lowest BCUT2D eigenvalue weighted by molar-refractivity contribution is 0.0491. The Hall–Kier alpha value is -0.0800. The van der Waals surface area contributed by atoms with Crippen molar-refractivity contribution in [3.05, 3.63) is 0 Å². The van der Waals surface area contributed by atoms with Gasteiger partial charge in [-0.2, -0.15) is 0 Å². The monoisotopic (exact) mass is 241 g/mol. The van der Waals surface area contributed by atoms with E-state index < -0.39 is 0 Å². The summed E-state index contributed by atoms with van der Waals surface area (Å²) in [6.45, 7) is 8.80. The molecule has 3 atom stereocenters. The fourth-order valence-corrected chi connectivity index (χ4v) is 2.89. The summed E-state index contributed by atoms with van der Waals surface area (Å²) in [5.74, 6) is 0.857. The van der Waals surface area contributed by atoms with Crippen molar-refractivity contribution in [3.8, 4) is 0 Å². The number of rotatable bonds is 9. The molecule has 0 aromatic carbocycles. The molecule has 0 aromatic heterocycles. The lowest BCUT2D eigenvalue weighted by atomic mass is 10.00. The second-order valence-electron chi connectivity index (χ2n) is 5.51. The van der Waals surface area contributed by atoms with E-state index in [0.717, 1.165) is 18.6 Å². The zero-order valence-corrected chi connectivity index (χ0v) is 12.0. The molecular formula is C15H31NO. The summed E-state index contributed by atoms with van der Waals surface area (Å²) in [5.41, 5.74) is 0. The van der Waals surface area contributed by atoms with Gasteiger partial charge < -0.3 is 10.1 Å². The van der Waals surface area contributed by atoms with Crippen molar-refractivity contribution in [3.63, 3.8) is 0 Å². The van der Waals surface area contributed by atoms with Crippen molar-refractivity contribution >= 4 is 0 Å². The minimum absolute atomic E-state index is 0.448. The molecule has 1 aliphatic carbocycles. The van der Waals surface area contributed by atoms with Gasteiger partial charge in [-0.3, -0.25) is 0 Å². The third-order valence-corrected chi connectivity index (χ3v) is 3.90. The van der Waals surface area contributed by atoms with Crippen molar-refractivity contribution in [2.45, 2.75) is 77.9 Å². The Morgan fingerprint density at radius 2 is 2.06 bits per heavy atom. The Labute approximate surface area is 108 Å². The fourth-order valence-electron chi connectivity index (χ4n) is 2.89. The van der Waals surface area contributed by atoms with Crippen LogP contribution in [-0.2, 0) is 4.74 Å². The molecule has 1 N–H and O–H groups in total. The van der Waals surface area contributed by atoms with Gasteiger partial charge in [0.05, 0.1) is 6.10 Å².